The lowest BCUT2D eigenvalue weighted by Gasteiger charge is -2.14. The third-order valence-corrected chi connectivity index (χ3v) is 3.96. The molecule has 2 rings (SSSR count). The quantitative estimate of drug-likeness (QED) is 0.670. The van der Waals surface area contributed by atoms with Crippen LogP contribution in [0.3, 0.4) is 0 Å². The molecule has 0 saturated heterocycles. The number of Topliss-reactive ketones (excluding diaryl/α,β-unsaturated/α-hetero) is 1. The van der Waals surface area contributed by atoms with Crippen LogP contribution in [0.4, 0.5) is 5.82 Å². The summed E-state index contributed by atoms with van der Waals surface area (Å²) in [7, 11) is 1.35. The van der Waals surface area contributed by atoms with Gasteiger partial charge in [0.1, 0.15) is 24.0 Å². The zero-order chi connectivity index (χ0) is 17.9. The summed E-state index contributed by atoms with van der Waals surface area (Å²) in [6.45, 7) is 4.17. The fraction of sp³-hybridized carbons (Fsp3) is 0.438. The second-order valence-corrected chi connectivity index (χ2v) is 5.73. The van der Waals surface area contributed by atoms with Gasteiger partial charge in [0.2, 0.25) is 5.78 Å². The second-order valence-electron chi connectivity index (χ2n) is 5.73. The largest absolute Gasteiger partial charge is 0.463 e. The molecular weight excluding hydrogens is 312 g/mol. The van der Waals surface area contributed by atoms with Crippen molar-refractivity contribution in [1.29, 1.82) is 0 Å². The average molecular weight is 335 g/mol. The molecule has 8 nitrogen and oxygen atoms in total. The van der Waals surface area contributed by atoms with Crippen molar-refractivity contribution in [3.8, 4) is 0 Å². The van der Waals surface area contributed by atoms with Gasteiger partial charge < -0.3 is 15.5 Å². The molecule has 0 aliphatic rings. The Morgan fingerprint density at radius 3 is 2.71 bits per heavy atom. The van der Waals surface area contributed by atoms with Crippen molar-refractivity contribution in [2.45, 2.75) is 32.9 Å². The third-order valence-electron chi connectivity index (χ3n) is 3.96. The van der Waals surface area contributed by atoms with Crippen LogP contribution in [-0.4, -0.2) is 21.5 Å². The number of aromatic nitrogens is 2. The van der Waals surface area contributed by atoms with E-state index in [9.17, 15) is 14.4 Å². The van der Waals surface area contributed by atoms with Gasteiger partial charge >= 0.3 is 5.69 Å². The molecule has 0 aliphatic carbocycles. The highest BCUT2D eigenvalue weighted by molar-refractivity contribution is 6.00. The van der Waals surface area contributed by atoms with Crippen LogP contribution >= 0.6 is 0 Å². The number of quaternary nitrogens is 1. The summed E-state index contributed by atoms with van der Waals surface area (Å²) in [5.74, 6) is 0.269. The fourth-order valence-electron chi connectivity index (χ4n) is 2.54. The Kier molecular flexibility index (Phi) is 5.40. The van der Waals surface area contributed by atoms with E-state index in [4.69, 9.17) is 10.2 Å². The van der Waals surface area contributed by atoms with Crippen LogP contribution in [0.1, 0.15) is 42.4 Å². The zero-order valence-corrected chi connectivity index (χ0v) is 14.1. The second kappa shape index (κ2) is 7.31. The Morgan fingerprint density at radius 1 is 1.42 bits per heavy atom. The molecule has 2 aromatic rings. The van der Waals surface area contributed by atoms with Crippen LogP contribution in [0.5, 0.6) is 0 Å². The van der Waals surface area contributed by atoms with Crippen molar-refractivity contribution in [2.24, 2.45) is 7.05 Å². The Morgan fingerprint density at radius 2 is 2.12 bits per heavy atom. The van der Waals surface area contributed by atoms with Crippen molar-refractivity contribution >= 4 is 11.6 Å². The van der Waals surface area contributed by atoms with Gasteiger partial charge in [-0.05, 0) is 25.5 Å². The van der Waals surface area contributed by atoms with Crippen molar-refractivity contribution in [3.63, 3.8) is 0 Å². The van der Waals surface area contributed by atoms with Gasteiger partial charge in [0, 0.05) is 13.6 Å². The Labute approximate surface area is 138 Å². The first-order valence-corrected chi connectivity index (χ1v) is 7.87. The lowest BCUT2D eigenvalue weighted by Crippen LogP contribution is -2.86. The predicted molar refractivity (Wildman–Crippen MR) is 88.9 cm³/mol. The minimum atomic E-state index is -0.658. The molecule has 0 amide bonds. The molecular formula is C16H23N4O4+. The topological polar surface area (TPSA) is 117 Å². The van der Waals surface area contributed by atoms with E-state index in [1.807, 2.05) is 19.9 Å². The first-order chi connectivity index (χ1) is 11.4. The van der Waals surface area contributed by atoms with Crippen molar-refractivity contribution < 1.29 is 14.5 Å². The third kappa shape index (κ3) is 3.33. The number of carbonyl (C=O) groups excluding carboxylic acids is 1. The van der Waals surface area contributed by atoms with E-state index < -0.39 is 17.0 Å². The number of furan rings is 1. The maximum Gasteiger partial charge on any atom is 0.332 e. The van der Waals surface area contributed by atoms with Crippen LogP contribution in [0.15, 0.2) is 32.4 Å². The standard InChI is InChI=1S/C16H22N4O4/c1-4-7-20-14(17)13(15(22)19(3)16(20)23)11(21)9-18-10(2)12-6-5-8-24-12/h5-6,8,10,18H,4,7,9,17H2,1-3H3/p+1/t10-/m1/s1. The van der Waals surface area contributed by atoms with E-state index in [1.54, 1.807) is 17.6 Å². The first kappa shape index (κ1) is 17.7. The molecule has 4 N–H and O–H groups in total. The fourth-order valence-corrected chi connectivity index (χ4v) is 2.54. The number of nitrogens with two attached hydrogens (primary N) is 2. The van der Waals surface area contributed by atoms with E-state index in [-0.39, 0.29) is 24.0 Å². The highest BCUT2D eigenvalue weighted by atomic mass is 16.3. The monoisotopic (exact) mass is 335 g/mol. The van der Waals surface area contributed by atoms with Crippen molar-refractivity contribution in [3.05, 3.63) is 50.6 Å². The summed E-state index contributed by atoms with van der Waals surface area (Å²) in [5, 5.41) is 1.76. The summed E-state index contributed by atoms with van der Waals surface area (Å²) in [6.07, 6.45) is 2.23. The maximum atomic E-state index is 12.5. The normalized spacial score (nSPS) is 12.3. The van der Waals surface area contributed by atoms with E-state index in [0.29, 0.717) is 13.0 Å². The van der Waals surface area contributed by atoms with E-state index >= 15 is 0 Å². The van der Waals surface area contributed by atoms with Crippen LogP contribution in [0, 0.1) is 0 Å². The van der Waals surface area contributed by atoms with Gasteiger partial charge in [0.15, 0.2) is 5.76 Å². The Bertz CT molecular complexity index is 833. The highest BCUT2D eigenvalue weighted by Crippen LogP contribution is 2.08. The molecule has 130 valence electrons. The average Bonchev–Trinajstić information content (AvgIpc) is 3.09. The number of nitrogen functional groups attached to an aromatic ring is 1. The summed E-state index contributed by atoms with van der Waals surface area (Å²) in [4.78, 5) is 36.9. The number of ketones is 1. The van der Waals surface area contributed by atoms with E-state index in [0.717, 1.165) is 10.3 Å². The Balaban J connectivity index is 2.29. The van der Waals surface area contributed by atoms with Gasteiger partial charge in [-0.2, -0.15) is 0 Å². The molecule has 0 aromatic carbocycles. The summed E-state index contributed by atoms with van der Waals surface area (Å²) >= 11 is 0. The van der Waals surface area contributed by atoms with Gasteiger partial charge in [0.25, 0.3) is 5.56 Å². The molecule has 24 heavy (non-hydrogen) atoms. The Hall–Kier alpha value is -2.61. The lowest BCUT2D eigenvalue weighted by atomic mass is 10.1. The van der Waals surface area contributed by atoms with Crippen LogP contribution in [0.2, 0.25) is 0 Å². The van der Waals surface area contributed by atoms with Crippen LogP contribution < -0.4 is 22.3 Å². The molecule has 0 radical (unpaired) electrons. The molecule has 8 heteroatoms. The van der Waals surface area contributed by atoms with Crippen LogP contribution in [0.25, 0.3) is 0 Å². The van der Waals surface area contributed by atoms with E-state index in [1.165, 1.54) is 11.6 Å². The van der Waals surface area contributed by atoms with Crippen LogP contribution in [-0.2, 0) is 13.6 Å². The zero-order valence-electron chi connectivity index (χ0n) is 14.1. The smallest absolute Gasteiger partial charge is 0.332 e. The number of carbonyl (C=O) groups is 1. The SMILES string of the molecule is CCCn1c(N)c(C(=O)C[NH2+][C@H](C)c2ccco2)c(=O)n(C)c1=O. The minimum absolute atomic E-state index is 0.0334. The minimum Gasteiger partial charge on any atom is -0.463 e. The van der Waals surface area contributed by atoms with Gasteiger partial charge in [0.05, 0.1) is 6.26 Å². The van der Waals surface area contributed by atoms with Gasteiger partial charge in [-0.15, -0.1) is 0 Å². The van der Waals surface area contributed by atoms with Gasteiger partial charge in [-0.1, -0.05) is 6.92 Å². The van der Waals surface area contributed by atoms with E-state index in [2.05, 4.69) is 0 Å². The number of hydrogen-bond acceptors (Lipinski definition) is 5. The molecule has 0 fully saturated rings. The maximum absolute atomic E-state index is 12.5. The number of nitrogens with zero attached hydrogens (tertiary/aromatic N) is 2. The number of anilines is 1. The lowest BCUT2D eigenvalue weighted by molar-refractivity contribution is -0.683. The molecule has 0 bridgehead atoms. The highest BCUT2D eigenvalue weighted by Gasteiger charge is 2.23. The molecule has 1 atom stereocenters. The predicted octanol–water partition coefficient (Wildman–Crippen LogP) is -0.360. The molecule has 2 aromatic heterocycles. The molecule has 0 saturated carbocycles. The first-order valence-electron chi connectivity index (χ1n) is 7.87. The molecule has 0 unspecified atom stereocenters. The summed E-state index contributed by atoms with van der Waals surface area (Å²) < 4.78 is 7.48. The van der Waals surface area contributed by atoms with Gasteiger partial charge in [-0.3, -0.25) is 18.7 Å². The summed E-state index contributed by atoms with van der Waals surface area (Å²) in [5.41, 5.74) is 4.64. The number of hydrogen-bond donors (Lipinski definition) is 2. The molecule has 2 heterocycles. The number of rotatable bonds is 7. The van der Waals surface area contributed by atoms with Gasteiger partial charge in [-0.25, -0.2) is 4.79 Å². The van der Waals surface area contributed by atoms with Crippen molar-refractivity contribution in [2.75, 3.05) is 12.3 Å². The van der Waals surface area contributed by atoms with Crippen molar-refractivity contribution in [1.82, 2.24) is 9.13 Å². The molecule has 0 aliphatic heterocycles. The molecule has 0 spiro atoms. The summed E-state index contributed by atoms with van der Waals surface area (Å²) in [6, 6.07) is 3.52.